The highest BCUT2D eigenvalue weighted by Gasteiger charge is 2.52. The van der Waals surface area contributed by atoms with E-state index in [9.17, 15) is 0 Å². The topological polar surface area (TPSA) is 38.0 Å². The van der Waals surface area contributed by atoms with Crippen LogP contribution in [-0.2, 0) is 0 Å². The summed E-state index contributed by atoms with van der Waals surface area (Å²) in [6.07, 6.45) is 6.69. The Morgan fingerprint density at radius 3 is 2.60 bits per heavy atom. The fourth-order valence-electron chi connectivity index (χ4n) is 5.30. The number of nitrogens with zero attached hydrogens (tertiary/aromatic N) is 2. The van der Waals surface area contributed by atoms with Crippen LogP contribution in [0.5, 0.6) is 5.75 Å². The lowest BCUT2D eigenvalue weighted by atomic mass is 9.78. The monoisotopic (exact) mass is 462 g/mol. The summed E-state index contributed by atoms with van der Waals surface area (Å²) < 4.78 is 13.5. The maximum absolute atomic E-state index is 6.75. The molecule has 2 aromatic carbocycles. The molecule has 0 saturated heterocycles. The molecule has 152 valence electrons. The van der Waals surface area contributed by atoms with Gasteiger partial charge in [0.2, 0.25) is 0 Å². The smallest absolute Gasteiger partial charge is 0.198 e. The Morgan fingerprint density at radius 2 is 1.83 bits per heavy atom. The van der Waals surface area contributed by atoms with Gasteiger partial charge in [-0.3, -0.25) is 0 Å². The van der Waals surface area contributed by atoms with Crippen molar-refractivity contribution in [2.75, 3.05) is 0 Å². The van der Waals surface area contributed by atoms with Crippen LogP contribution in [0.3, 0.4) is 0 Å². The van der Waals surface area contributed by atoms with E-state index in [4.69, 9.17) is 14.3 Å². The molecule has 3 aromatic rings. The first-order valence-electron chi connectivity index (χ1n) is 10.7. The van der Waals surface area contributed by atoms with Crippen molar-refractivity contribution in [2.24, 2.45) is 5.10 Å². The van der Waals surface area contributed by atoms with Gasteiger partial charge in [0, 0.05) is 29.3 Å². The van der Waals surface area contributed by atoms with E-state index in [0.29, 0.717) is 5.92 Å². The molecule has 5 heteroatoms. The van der Waals surface area contributed by atoms with Crippen LogP contribution in [0, 0.1) is 0 Å². The Hall–Kier alpha value is -2.53. The van der Waals surface area contributed by atoms with Crippen molar-refractivity contribution in [2.45, 2.75) is 49.8 Å². The largest absolute Gasteiger partial charge is 0.466 e. The SMILES string of the molecule is Brc1ccc2c(c1)[C@@H]1CC(c3ccco3)=NN1C1(CCC(c3ccccc3)CC1)O2. The molecule has 1 atom stereocenters. The summed E-state index contributed by atoms with van der Waals surface area (Å²) in [4.78, 5) is 0. The number of benzene rings is 2. The molecule has 1 saturated carbocycles. The first kappa shape index (κ1) is 18.3. The van der Waals surface area contributed by atoms with Gasteiger partial charge in [-0.1, -0.05) is 46.3 Å². The average Bonchev–Trinajstić information content (AvgIpc) is 3.46. The van der Waals surface area contributed by atoms with Gasteiger partial charge in [-0.15, -0.1) is 0 Å². The van der Waals surface area contributed by atoms with E-state index in [1.54, 1.807) is 6.26 Å². The molecular weight excluding hydrogens is 440 g/mol. The van der Waals surface area contributed by atoms with E-state index in [-0.39, 0.29) is 11.8 Å². The maximum Gasteiger partial charge on any atom is 0.198 e. The number of fused-ring (bicyclic) bond motifs is 4. The van der Waals surface area contributed by atoms with Crippen molar-refractivity contribution in [3.8, 4) is 5.75 Å². The Kier molecular flexibility index (Phi) is 4.27. The standard InChI is InChI=1S/C25H23BrN2O2/c26-19-8-9-23-20(15-19)22-16-21(24-7-4-14-29-24)27-28(22)25(30-23)12-10-18(11-13-25)17-5-2-1-3-6-17/h1-9,14-15,18,22H,10-13,16H2/t18?,22-,25?/m0/s1. The van der Waals surface area contributed by atoms with Crippen LogP contribution < -0.4 is 4.74 Å². The zero-order chi connectivity index (χ0) is 20.1. The van der Waals surface area contributed by atoms with Gasteiger partial charge in [0.1, 0.15) is 17.2 Å². The van der Waals surface area contributed by atoms with E-state index in [1.165, 1.54) is 11.1 Å². The van der Waals surface area contributed by atoms with E-state index >= 15 is 0 Å². The van der Waals surface area contributed by atoms with Crippen molar-refractivity contribution in [1.29, 1.82) is 0 Å². The van der Waals surface area contributed by atoms with Crippen LogP contribution in [0.1, 0.15) is 61.0 Å². The Labute approximate surface area is 184 Å². The Bertz CT molecular complexity index is 1090. The van der Waals surface area contributed by atoms with Crippen molar-refractivity contribution >= 4 is 21.6 Å². The third-order valence-corrected chi connectivity index (χ3v) is 7.30. The molecule has 30 heavy (non-hydrogen) atoms. The van der Waals surface area contributed by atoms with Gasteiger partial charge >= 0.3 is 0 Å². The molecule has 3 aliphatic rings. The predicted octanol–water partition coefficient (Wildman–Crippen LogP) is 6.64. The Balaban J connectivity index is 1.36. The van der Waals surface area contributed by atoms with Crippen molar-refractivity contribution in [3.63, 3.8) is 0 Å². The molecule has 3 heterocycles. The molecule has 0 radical (unpaired) electrons. The molecule has 1 aromatic heterocycles. The van der Waals surface area contributed by atoms with Gasteiger partial charge in [-0.25, -0.2) is 5.01 Å². The molecule has 0 N–H and O–H groups in total. The van der Waals surface area contributed by atoms with Crippen LogP contribution in [0.2, 0.25) is 0 Å². The minimum Gasteiger partial charge on any atom is -0.466 e. The number of hydrogen-bond donors (Lipinski definition) is 0. The highest BCUT2D eigenvalue weighted by molar-refractivity contribution is 9.10. The van der Waals surface area contributed by atoms with E-state index in [0.717, 1.165) is 53.8 Å². The van der Waals surface area contributed by atoms with E-state index < -0.39 is 0 Å². The van der Waals surface area contributed by atoms with Crippen LogP contribution in [-0.4, -0.2) is 16.4 Å². The summed E-state index contributed by atoms with van der Waals surface area (Å²) >= 11 is 3.63. The molecule has 0 bridgehead atoms. The quantitative estimate of drug-likeness (QED) is 0.428. The molecule has 1 fully saturated rings. The molecule has 0 unspecified atom stereocenters. The predicted molar refractivity (Wildman–Crippen MR) is 120 cm³/mol. The summed E-state index contributed by atoms with van der Waals surface area (Å²) in [5.74, 6) is 2.43. The fraction of sp³-hybridized carbons (Fsp3) is 0.320. The first-order valence-corrected chi connectivity index (χ1v) is 11.5. The molecule has 4 nitrogen and oxygen atoms in total. The molecule has 6 rings (SSSR count). The van der Waals surface area contributed by atoms with Crippen molar-refractivity contribution in [1.82, 2.24) is 5.01 Å². The highest BCUT2D eigenvalue weighted by atomic mass is 79.9. The number of furan rings is 1. The summed E-state index contributed by atoms with van der Waals surface area (Å²) in [5.41, 5.74) is 3.26. The van der Waals surface area contributed by atoms with Gasteiger partial charge < -0.3 is 9.15 Å². The summed E-state index contributed by atoms with van der Waals surface area (Å²) in [7, 11) is 0. The second-order valence-corrected chi connectivity index (χ2v) is 9.42. The maximum atomic E-state index is 6.75. The lowest BCUT2D eigenvalue weighted by molar-refractivity contribution is -0.142. The first-order chi connectivity index (χ1) is 14.7. The van der Waals surface area contributed by atoms with Gasteiger partial charge in [-0.05, 0) is 54.7 Å². The lowest BCUT2D eigenvalue weighted by Gasteiger charge is -2.50. The minimum absolute atomic E-state index is 0.180. The van der Waals surface area contributed by atoms with Crippen LogP contribution in [0.15, 0.2) is 80.9 Å². The molecule has 1 aliphatic carbocycles. The zero-order valence-corrected chi connectivity index (χ0v) is 18.2. The fourth-order valence-corrected chi connectivity index (χ4v) is 5.68. The van der Waals surface area contributed by atoms with Crippen LogP contribution in [0.25, 0.3) is 0 Å². The van der Waals surface area contributed by atoms with Gasteiger partial charge in [0.25, 0.3) is 0 Å². The number of ether oxygens (including phenoxy) is 1. The second-order valence-electron chi connectivity index (χ2n) is 8.50. The normalized spacial score (nSPS) is 27.4. The molecule has 1 spiro atoms. The average molecular weight is 463 g/mol. The summed E-state index contributed by atoms with van der Waals surface area (Å²) in [6, 6.07) is 21.3. The number of hydrazone groups is 1. The second kappa shape index (κ2) is 7.02. The number of rotatable bonds is 2. The summed E-state index contributed by atoms with van der Waals surface area (Å²) in [5, 5.41) is 7.32. The van der Waals surface area contributed by atoms with Crippen molar-refractivity contribution < 1.29 is 9.15 Å². The van der Waals surface area contributed by atoms with Crippen LogP contribution >= 0.6 is 15.9 Å². The van der Waals surface area contributed by atoms with Crippen LogP contribution in [0.4, 0.5) is 0 Å². The van der Waals surface area contributed by atoms with Gasteiger partial charge in [0.15, 0.2) is 5.72 Å². The van der Waals surface area contributed by atoms with Gasteiger partial charge in [-0.2, -0.15) is 5.10 Å². The summed E-state index contributed by atoms with van der Waals surface area (Å²) in [6.45, 7) is 0. The molecule has 2 aliphatic heterocycles. The zero-order valence-electron chi connectivity index (χ0n) is 16.6. The van der Waals surface area contributed by atoms with E-state index in [2.05, 4.69) is 69.5 Å². The molecule has 0 amide bonds. The minimum atomic E-state index is -0.384. The molecular formula is C25H23BrN2O2. The van der Waals surface area contributed by atoms with Crippen molar-refractivity contribution in [3.05, 3.63) is 88.3 Å². The van der Waals surface area contributed by atoms with Gasteiger partial charge in [0.05, 0.1) is 12.3 Å². The third kappa shape index (κ3) is 2.90. The third-order valence-electron chi connectivity index (χ3n) is 6.80. The Morgan fingerprint density at radius 1 is 1.00 bits per heavy atom. The van der Waals surface area contributed by atoms with E-state index in [1.807, 2.05) is 12.1 Å². The lowest BCUT2D eigenvalue weighted by Crippen LogP contribution is -2.55. The number of halogens is 1. The highest BCUT2D eigenvalue weighted by Crippen LogP contribution is 2.53. The number of hydrogen-bond acceptors (Lipinski definition) is 4.